The Morgan fingerprint density at radius 2 is 1.68 bits per heavy atom. The lowest BCUT2D eigenvalue weighted by molar-refractivity contribution is 0.0601. The number of rotatable bonds is 3. The Hall–Kier alpha value is -3.40. The average molecular weight is 328 g/mol. The van der Waals surface area contributed by atoms with E-state index in [1.54, 1.807) is 6.07 Å². The normalized spacial score (nSPS) is 10.8. The summed E-state index contributed by atoms with van der Waals surface area (Å²) in [6.45, 7) is 0. The van der Waals surface area contributed by atoms with Crippen LogP contribution in [-0.4, -0.2) is 23.0 Å². The van der Waals surface area contributed by atoms with Crippen molar-refractivity contribution in [1.29, 1.82) is 0 Å². The number of esters is 1. The number of imidazole rings is 1. The van der Waals surface area contributed by atoms with Crippen molar-refractivity contribution in [2.75, 3.05) is 7.11 Å². The zero-order valence-electron chi connectivity index (χ0n) is 13.7. The second-order valence-corrected chi connectivity index (χ2v) is 5.72. The molecule has 1 N–H and O–H groups in total. The molecule has 0 aliphatic carbocycles. The standard InChI is InChI=1S/C21H16N2O2/c1-25-21(24)15-8-6-7-14(13-15)16-9-2-3-10-17(16)20-22-18-11-4-5-12-19(18)23-20/h2-13H,1H3,(H,22,23). The molecule has 122 valence electrons. The fraction of sp³-hybridized carbons (Fsp3) is 0.0476. The summed E-state index contributed by atoms with van der Waals surface area (Å²) < 4.78 is 4.82. The van der Waals surface area contributed by atoms with Gasteiger partial charge >= 0.3 is 5.97 Å². The van der Waals surface area contributed by atoms with Gasteiger partial charge in [-0.3, -0.25) is 0 Å². The summed E-state index contributed by atoms with van der Waals surface area (Å²) in [6.07, 6.45) is 0. The maximum atomic E-state index is 11.8. The third kappa shape index (κ3) is 2.78. The monoisotopic (exact) mass is 328 g/mol. The molecule has 0 unspecified atom stereocenters. The van der Waals surface area contributed by atoms with Crippen LogP contribution in [0, 0.1) is 0 Å². The number of fused-ring (bicyclic) bond motifs is 1. The van der Waals surface area contributed by atoms with E-state index in [1.165, 1.54) is 7.11 Å². The van der Waals surface area contributed by atoms with Crippen LogP contribution in [0.1, 0.15) is 10.4 Å². The number of H-pyrrole nitrogens is 1. The van der Waals surface area contributed by atoms with Gasteiger partial charge in [0.1, 0.15) is 5.82 Å². The van der Waals surface area contributed by atoms with Crippen molar-refractivity contribution in [3.8, 4) is 22.5 Å². The first kappa shape index (κ1) is 15.1. The summed E-state index contributed by atoms with van der Waals surface area (Å²) in [4.78, 5) is 19.9. The molecule has 4 aromatic rings. The molecule has 1 heterocycles. The van der Waals surface area contributed by atoms with Gasteiger partial charge in [-0.15, -0.1) is 0 Å². The van der Waals surface area contributed by atoms with E-state index in [4.69, 9.17) is 9.72 Å². The molecule has 3 aromatic carbocycles. The number of aromatic nitrogens is 2. The van der Waals surface area contributed by atoms with E-state index in [-0.39, 0.29) is 5.97 Å². The van der Waals surface area contributed by atoms with E-state index in [2.05, 4.69) is 4.98 Å². The molecule has 4 heteroatoms. The molecule has 0 amide bonds. The van der Waals surface area contributed by atoms with Gasteiger partial charge < -0.3 is 9.72 Å². The molecule has 0 saturated heterocycles. The van der Waals surface area contributed by atoms with Crippen LogP contribution in [0.5, 0.6) is 0 Å². The van der Waals surface area contributed by atoms with E-state index in [9.17, 15) is 4.79 Å². The second-order valence-electron chi connectivity index (χ2n) is 5.72. The first-order valence-electron chi connectivity index (χ1n) is 7.99. The number of carbonyl (C=O) groups is 1. The number of para-hydroxylation sites is 2. The lowest BCUT2D eigenvalue weighted by atomic mass is 9.98. The van der Waals surface area contributed by atoms with Crippen LogP contribution in [0.2, 0.25) is 0 Å². The number of benzene rings is 3. The summed E-state index contributed by atoms with van der Waals surface area (Å²) in [5.41, 5.74) is 5.39. The predicted octanol–water partition coefficient (Wildman–Crippen LogP) is 4.68. The molecule has 0 spiro atoms. The minimum absolute atomic E-state index is 0.344. The number of ether oxygens (including phenoxy) is 1. The van der Waals surface area contributed by atoms with Gasteiger partial charge in [-0.1, -0.05) is 48.5 Å². The minimum Gasteiger partial charge on any atom is -0.465 e. The van der Waals surface area contributed by atoms with Crippen LogP contribution in [0.25, 0.3) is 33.5 Å². The van der Waals surface area contributed by atoms with Crippen LogP contribution < -0.4 is 0 Å². The van der Waals surface area contributed by atoms with E-state index in [0.717, 1.165) is 33.5 Å². The molecule has 1 aromatic heterocycles. The van der Waals surface area contributed by atoms with Crippen molar-refractivity contribution >= 4 is 17.0 Å². The summed E-state index contributed by atoms with van der Waals surface area (Å²) in [7, 11) is 1.39. The third-order valence-corrected chi connectivity index (χ3v) is 4.17. The SMILES string of the molecule is COC(=O)c1cccc(-c2ccccc2-c2nc3ccccc3[nH]2)c1. The number of hydrogen-bond acceptors (Lipinski definition) is 3. The minimum atomic E-state index is -0.344. The fourth-order valence-corrected chi connectivity index (χ4v) is 2.95. The molecule has 0 aliphatic rings. The number of nitrogens with one attached hydrogen (secondary N) is 1. The summed E-state index contributed by atoms with van der Waals surface area (Å²) in [6, 6.07) is 23.4. The van der Waals surface area contributed by atoms with Crippen molar-refractivity contribution in [1.82, 2.24) is 9.97 Å². The quantitative estimate of drug-likeness (QED) is 0.555. The molecular formula is C21H16N2O2. The topological polar surface area (TPSA) is 55.0 Å². The Morgan fingerprint density at radius 3 is 2.48 bits per heavy atom. The third-order valence-electron chi connectivity index (χ3n) is 4.17. The molecule has 4 nitrogen and oxygen atoms in total. The molecular weight excluding hydrogens is 312 g/mol. The average Bonchev–Trinajstić information content (AvgIpc) is 3.11. The molecule has 0 bridgehead atoms. The Morgan fingerprint density at radius 1 is 0.920 bits per heavy atom. The highest BCUT2D eigenvalue weighted by Gasteiger charge is 2.13. The van der Waals surface area contributed by atoms with E-state index >= 15 is 0 Å². The smallest absolute Gasteiger partial charge is 0.337 e. The van der Waals surface area contributed by atoms with Crippen molar-refractivity contribution in [2.45, 2.75) is 0 Å². The van der Waals surface area contributed by atoms with Gasteiger partial charge in [0.25, 0.3) is 0 Å². The zero-order valence-corrected chi connectivity index (χ0v) is 13.7. The predicted molar refractivity (Wildman–Crippen MR) is 98.3 cm³/mol. The van der Waals surface area contributed by atoms with Gasteiger partial charge in [-0.05, 0) is 35.4 Å². The lowest BCUT2D eigenvalue weighted by Gasteiger charge is -2.09. The molecule has 0 saturated carbocycles. The maximum absolute atomic E-state index is 11.8. The highest BCUT2D eigenvalue weighted by Crippen LogP contribution is 2.32. The van der Waals surface area contributed by atoms with Gasteiger partial charge in [-0.25, -0.2) is 9.78 Å². The first-order valence-corrected chi connectivity index (χ1v) is 7.99. The maximum Gasteiger partial charge on any atom is 0.337 e. The number of carbonyl (C=O) groups excluding carboxylic acids is 1. The van der Waals surface area contributed by atoms with Crippen LogP contribution in [0.3, 0.4) is 0 Å². The number of methoxy groups -OCH3 is 1. The number of aromatic amines is 1. The lowest BCUT2D eigenvalue weighted by Crippen LogP contribution is -2.01. The molecule has 4 rings (SSSR count). The van der Waals surface area contributed by atoms with Gasteiger partial charge in [0.15, 0.2) is 0 Å². The van der Waals surface area contributed by atoms with Gasteiger partial charge in [0, 0.05) is 5.56 Å². The largest absolute Gasteiger partial charge is 0.465 e. The van der Waals surface area contributed by atoms with Crippen molar-refractivity contribution in [3.05, 3.63) is 78.4 Å². The number of hydrogen-bond donors (Lipinski definition) is 1. The van der Waals surface area contributed by atoms with Crippen molar-refractivity contribution in [3.63, 3.8) is 0 Å². The van der Waals surface area contributed by atoms with E-state index < -0.39 is 0 Å². The molecule has 0 radical (unpaired) electrons. The Bertz CT molecular complexity index is 1030. The summed E-state index contributed by atoms with van der Waals surface area (Å²) in [5.74, 6) is 0.461. The Kier molecular flexibility index (Phi) is 3.78. The molecule has 0 aliphatic heterocycles. The van der Waals surface area contributed by atoms with E-state index in [1.807, 2.05) is 66.7 Å². The molecule has 0 fully saturated rings. The summed E-state index contributed by atoms with van der Waals surface area (Å²) in [5, 5.41) is 0. The van der Waals surface area contributed by atoms with Gasteiger partial charge in [0.05, 0.1) is 23.7 Å². The van der Waals surface area contributed by atoms with Crippen molar-refractivity contribution in [2.24, 2.45) is 0 Å². The first-order chi connectivity index (χ1) is 12.3. The van der Waals surface area contributed by atoms with E-state index in [0.29, 0.717) is 5.56 Å². The van der Waals surface area contributed by atoms with Crippen LogP contribution in [0.15, 0.2) is 72.8 Å². The zero-order chi connectivity index (χ0) is 17.2. The fourth-order valence-electron chi connectivity index (χ4n) is 2.95. The van der Waals surface area contributed by atoms with Crippen LogP contribution in [0.4, 0.5) is 0 Å². The second kappa shape index (κ2) is 6.24. The van der Waals surface area contributed by atoms with Crippen LogP contribution >= 0.6 is 0 Å². The Labute approximate surface area is 145 Å². The van der Waals surface area contributed by atoms with Crippen molar-refractivity contribution < 1.29 is 9.53 Å². The Balaban J connectivity index is 1.86. The van der Waals surface area contributed by atoms with Gasteiger partial charge in [-0.2, -0.15) is 0 Å². The van der Waals surface area contributed by atoms with Gasteiger partial charge in [0.2, 0.25) is 0 Å². The van der Waals surface area contributed by atoms with Crippen LogP contribution in [-0.2, 0) is 4.74 Å². The highest BCUT2D eigenvalue weighted by atomic mass is 16.5. The summed E-state index contributed by atoms with van der Waals surface area (Å²) >= 11 is 0. The highest BCUT2D eigenvalue weighted by molar-refractivity contribution is 5.92. The molecule has 25 heavy (non-hydrogen) atoms. The number of nitrogens with zero attached hydrogens (tertiary/aromatic N) is 1. The molecule has 0 atom stereocenters.